The first-order valence-corrected chi connectivity index (χ1v) is 10.9. The highest BCUT2D eigenvalue weighted by atomic mass is 35.5. The number of rotatable bonds is 4. The van der Waals surface area contributed by atoms with Gasteiger partial charge in [0.1, 0.15) is 5.00 Å². The number of nitrogens with zero attached hydrogens (tertiary/aromatic N) is 1. The first-order valence-electron chi connectivity index (χ1n) is 9.36. The minimum atomic E-state index is -0.326. The maximum atomic E-state index is 13.2. The van der Waals surface area contributed by atoms with Gasteiger partial charge >= 0.3 is 0 Å². The SMILES string of the molecule is Nc1c(Cl)cc(NC(=O)c2c(NC(=O)c3cccnc3)sc3c2CCCC3)cc1Cl. The van der Waals surface area contributed by atoms with Gasteiger partial charge in [-0.3, -0.25) is 14.6 Å². The Bertz CT molecular complexity index is 1110. The molecule has 154 valence electrons. The molecular weight excluding hydrogens is 443 g/mol. The molecule has 2 heterocycles. The number of carbonyl (C=O) groups excluding carboxylic acids is 2. The number of aromatic nitrogens is 1. The Balaban J connectivity index is 1.67. The lowest BCUT2D eigenvalue weighted by atomic mass is 9.95. The monoisotopic (exact) mass is 460 g/mol. The molecule has 3 aromatic rings. The lowest BCUT2D eigenvalue weighted by Crippen LogP contribution is -2.18. The van der Waals surface area contributed by atoms with Crippen LogP contribution < -0.4 is 16.4 Å². The molecule has 0 radical (unpaired) electrons. The molecule has 0 bridgehead atoms. The van der Waals surface area contributed by atoms with Crippen molar-refractivity contribution in [2.24, 2.45) is 0 Å². The van der Waals surface area contributed by atoms with Crippen LogP contribution in [0.5, 0.6) is 0 Å². The fourth-order valence-corrected chi connectivity index (χ4v) is 5.19. The molecule has 2 aromatic heterocycles. The van der Waals surface area contributed by atoms with Crippen molar-refractivity contribution >= 4 is 62.7 Å². The van der Waals surface area contributed by atoms with E-state index in [0.29, 0.717) is 21.8 Å². The van der Waals surface area contributed by atoms with Gasteiger partial charge in [-0.05, 0) is 55.5 Å². The maximum absolute atomic E-state index is 13.2. The number of hydrogen-bond acceptors (Lipinski definition) is 5. The summed E-state index contributed by atoms with van der Waals surface area (Å²) in [6.45, 7) is 0. The van der Waals surface area contributed by atoms with E-state index >= 15 is 0 Å². The molecule has 0 fully saturated rings. The predicted octanol–water partition coefficient (Wildman–Crippen LogP) is 5.42. The molecule has 4 rings (SSSR count). The number of nitrogens with one attached hydrogen (secondary N) is 2. The molecule has 1 aliphatic rings. The van der Waals surface area contributed by atoms with Gasteiger partial charge in [-0.15, -0.1) is 11.3 Å². The topological polar surface area (TPSA) is 97.1 Å². The second-order valence-electron chi connectivity index (χ2n) is 6.92. The number of halogens is 2. The molecule has 6 nitrogen and oxygen atoms in total. The van der Waals surface area contributed by atoms with Gasteiger partial charge in [0, 0.05) is 23.0 Å². The van der Waals surface area contributed by atoms with Crippen molar-refractivity contribution in [1.29, 1.82) is 0 Å². The largest absolute Gasteiger partial charge is 0.396 e. The Hall–Kier alpha value is -2.61. The van der Waals surface area contributed by atoms with Crippen LogP contribution in [0.1, 0.15) is 44.0 Å². The van der Waals surface area contributed by atoms with Crippen molar-refractivity contribution < 1.29 is 9.59 Å². The van der Waals surface area contributed by atoms with Crippen LogP contribution >= 0.6 is 34.5 Å². The van der Waals surface area contributed by atoms with Crippen LogP contribution in [-0.2, 0) is 12.8 Å². The van der Waals surface area contributed by atoms with Gasteiger partial charge in [-0.25, -0.2) is 0 Å². The summed E-state index contributed by atoms with van der Waals surface area (Å²) < 4.78 is 0. The standard InChI is InChI=1S/C21H18Cl2N4O2S/c22-14-8-12(9-15(23)18(14)24)26-20(29)17-13-5-1-2-6-16(13)30-21(17)27-19(28)11-4-3-7-25-10-11/h3-4,7-10H,1-2,5-6,24H2,(H,26,29)(H,27,28). The molecule has 0 spiro atoms. The third kappa shape index (κ3) is 4.14. The molecule has 1 aliphatic carbocycles. The van der Waals surface area contributed by atoms with Gasteiger partial charge in [0.25, 0.3) is 11.8 Å². The summed E-state index contributed by atoms with van der Waals surface area (Å²) in [5.74, 6) is -0.637. The van der Waals surface area contributed by atoms with E-state index in [9.17, 15) is 9.59 Å². The number of anilines is 3. The van der Waals surface area contributed by atoms with E-state index in [1.807, 2.05) is 0 Å². The van der Waals surface area contributed by atoms with Crippen LogP contribution in [0.2, 0.25) is 10.0 Å². The summed E-state index contributed by atoms with van der Waals surface area (Å²) in [7, 11) is 0. The quantitative estimate of drug-likeness (QED) is 0.453. The zero-order valence-corrected chi connectivity index (χ0v) is 18.1. The van der Waals surface area contributed by atoms with E-state index in [1.54, 1.807) is 30.5 Å². The Morgan fingerprint density at radius 3 is 2.50 bits per heavy atom. The van der Waals surface area contributed by atoms with Crippen LogP contribution in [-0.4, -0.2) is 16.8 Å². The number of benzene rings is 1. The summed E-state index contributed by atoms with van der Waals surface area (Å²) in [6, 6.07) is 6.46. The first-order chi connectivity index (χ1) is 14.4. The molecule has 4 N–H and O–H groups in total. The van der Waals surface area contributed by atoms with Gasteiger partial charge in [-0.1, -0.05) is 23.2 Å². The van der Waals surface area contributed by atoms with E-state index in [1.165, 1.54) is 17.5 Å². The minimum Gasteiger partial charge on any atom is -0.396 e. The number of nitrogens with two attached hydrogens (primary N) is 1. The molecule has 30 heavy (non-hydrogen) atoms. The van der Waals surface area contributed by atoms with Crippen LogP contribution in [0.25, 0.3) is 0 Å². The Labute approximate surface area is 187 Å². The summed E-state index contributed by atoms with van der Waals surface area (Å²) in [5, 5.41) is 6.77. The van der Waals surface area contributed by atoms with Gasteiger partial charge in [-0.2, -0.15) is 0 Å². The zero-order chi connectivity index (χ0) is 21.3. The molecule has 0 aliphatic heterocycles. The van der Waals surface area contributed by atoms with Gasteiger partial charge in [0.15, 0.2) is 0 Å². The molecule has 2 amide bonds. The van der Waals surface area contributed by atoms with Gasteiger partial charge in [0.2, 0.25) is 0 Å². The van der Waals surface area contributed by atoms with Gasteiger partial charge < -0.3 is 16.4 Å². The lowest BCUT2D eigenvalue weighted by Gasteiger charge is -2.14. The molecule has 0 saturated carbocycles. The number of amides is 2. The minimum absolute atomic E-state index is 0.258. The van der Waals surface area contributed by atoms with E-state index < -0.39 is 0 Å². The van der Waals surface area contributed by atoms with E-state index in [-0.39, 0.29) is 27.5 Å². The summed E-state index contributed by atoms with van der Waals surface area (Å²) in [5.41, 5.74) is 8.36. The average molecular weight is 461 g/mol. The first kappa shape index (κ1) is 20.7. The maximum Gasteiger partial charge on any atom is 0.258 e. The van der Waals surface area contributed by atoms with Crippen molar-refractivity contribution in [3.63, 3.8) is 0 Å². The summed E-state index contributed by atoms with van der Waals surface area (Å²) in [4.78, 5) is 31.0. The number of carbonyl (C=O) groups is 2. The average Bonchev–Trinajstić information content (AvgIpc) is 3.10. The van der Waals surface area contributed by atoms with Crippen molar-refractivity contribution in [2.45, 2.75) is 25.7 Å². The highest BCUT2D eigenvalue weighted by Gasteiger charge is 2.27. The van der Waals surface area contributed by atoms with Crippen molar-refractivity contribution in [1.82, 2.24) is 4.98 Å². The number of hydrogen-bond donors (Lipinski definition) is 3. The van der Waals surface area contributed by atoms with E-state index in [4.69, 9.17) is 28.9 Å². The van der Waals surface area contributed by atoms with E-state index in [2.05, 4.69) is 15.6 Å². The number of nitrogen functional groups attached to an aromatic ring is 1. The second kappa shape index (κ2) is 8.63. The Morgan fingerprint density at radius 1 is 1.07 bits per heavy atom. The number of aryl methyl sites for hydroxylation is 1. The van der Waals surface area contributed by atoms with Crippen molar-refractivity contribution in [3.8, 4) is 0 Å². The van der Waals surface area contributed by atoms with Crippen LogP contribution in [0.3, 0.4) is 0 Å². The fraction of sp³-hybridized carbons (Fsp3) is 0.190. The molecule has 0 saturated heterocycles. The molecule has 0 unspecified atom stereocenters. The fourth-order valence-electron chi connectivity index (χ4n) is 3.42. The highest BCUT2D eigenvalue weighted by Crippen LogP contribution is 2.39. The third-order valence-corrected chi connectivity index (χ3v) is 6.72. The van der Waals surface area contributed by atoms with Crippen LogP contribution in [0, 0.1) is 0 Å². The second-order valence-corrected chi connectivity index (χ2v) is 8.84. The third-order valence-electron chi connectivity index (χ3n) is 4.89. The summed E-state index contributed by atoms with van der Waals surface area (Å²) >= 11 is 13.6. The smallest absolute Gasteiger partial charge is 0.258 e. The van der Waals surface area contributed by atoms with Crippen LogP contribution in [0.15, 0.2) is 36.7 Å². The Morgan fingerprint density at radius 2 is 1.80 bits per heavy atom. The Kier molecular flexibility index (Phi) is 5.94. The zero-order valence-electron chi connectivity index (χ0n) is 15.8. The normalized spacial score (nSPS) is 12.9. The molecule has 0 atom stereocenters. The number of pyridine rings is 1. The number of thiophene rings is 1. The predicted molar refractivity (Wildman–Crippen MR) is 122 cm³/mol. The highest BCUT2D eigenvalue weighted by molar-refractivity contribution is 7.17. The molecule has 1 aromatic carbocycles. The lowest BCUT2D eigenvalue weighted by molar-refractivity contribution is 0.102. The number of fused-ring (bicyclic) bond motifs is 1. The molecule has 9 heteroatoms. The van der Waals surface area contributed by atoms with Crippen molar-refractivity contribution in [3.05, 3.63) is 68.3 Å². The van der Waals surface area contributed by atoms with Crippen molar-refractivity contribution in [2.75, 3.05) is 16.4 Å². The van der Waals surface area contributed by atoms with Gasteiger partial charge in [0.05, 0.1) is 26.9 Å². The summed E-state index contributed by atoms with van der Waals surface area (Å²) in [6.07, 6.45) is 6.83. The van der Waals surface area contributed by atoms with E-state index in [0.717, 1.165) is 36.1 Å². The molecular formula is C21H18Cl2N4O2S. The van der Waals surface area contributed by atoms with Crippen LogP contribution in [0.4, 0.5) is 16.4 Å².